The van der Waals surface area contributed by atoms with Crippen molar-refractivity contribution in [1.29, 1.82) is 0 Å². The molecule has 7 nitrogen and oxygen atoms in total. The van der Waals surface area contributed by atoms with Crippen LogP contribution in [0, 0.1) is 5.92 Å². The summed E-state index contributed by atoms with van der Waals surface area (Å²) in [6.45, 7) is 12.6. The molecule has 2 saturated heterocycles. The van der Waals surface area contributed by atoms with Crippen LogP contribution in [0.4, 0.5) is 0 Å². The minimum Gasteiger partial charge on any atom is -0.382 e. The predicted octanol–water partition coefficient (Wildman–Crippen LogP) is 2.32. The van der Waals surface area contributed by atoms with E-state index in [2.05, 4.69) is 64.3 Å². The Bertz CT molecular complexity index is 672. The molecule has 2 atom stereocenters. The smallest absolute Gasteiger partial charge is 0.193 e. The Kier molecular flexibility index (Phi) is 10.8. The molecule has 2 heterocycles. The Morgan fingerprint density at radius 1 is 1.12 bits per heavy atom. The van der Waals surface area contributed by atoms with Gasteiger partial charge in [0.1, 0.15) is 0 Å². The fourth-order valence-corrected chi connectivity index (χ4v) is 4.65. The van der Waals surface area contributed by atoms with Crippen LogP contribution in [0.5, 0.6) is 0 Å². The fourth-order valence-electron chi connectivity index (χ4n) is 4.65. The molecule has 1 N–H and O–H groups in total. The van der Waals surface area contributed by atoms with Gasteiger partial charge in [0.05, 0.1) is 19.8 Å². The lowest BCUT2D eigenvalue weighted by molar-refractivity contribution is 0.0536. The highest BCUT2D eigenvalue weighted by atomic mass is 16.5. The zero-order valence-corrected chi connectivity index (χ0v) is 20.3. The van der Waals surface area contributed by atoms with Gasteiger partial charge >= 0.3 is 0 Å². The van der Waals surface area contributed by atoms with Crippen LogP contribution in [-0.2, 0) is 9.47 Å². The number of likely N-dealkylation sites (N-methyl/N-ethyl adjacent to an activating group) is 1. The van der Waals surface area contributed by atoms with Gasteiger partial charge in [-0.1, -0.05) is 30.3 Å². The highest BCUT2D eigenvalue weighted by Crippen LogP contribution is 2.24. The van der Waals surface area contributed by atoms with E-state index < -0.39 is 0 Å². The fraction of sp³-hybridized carbons (Fsp3) is 0.720. The van der Waals surface area contributed by atoms with Crippen molar-refractivity contribution in [2.75, 3.05) is 86.3 Å². The van der Waals surface area contributed by atoms with E-state index in [4.69, 9.17) is 14.5 Å². The Balaban J connectivity index is 1.47. The van der Waals surface area contributed by atoms with Gasteiger partial charge in [-0.15, -0.1) is 0 Å². The van der Waals surface area contributed by atoms with Crippen LogP contribution in [0.2, 0.25) is 0 Å². The molecule has 2 fully saturated rings. The minimum atomic E-state index is 0.476. The molecule has 0 amide bonds. The molecule has 180 valence electrons. The molecule has 0 radical (unpaired) electrons. The van der Waals surface area contributed by atoms with Gasteiger partial charge in [-0.2, -0.15) is 0 Å². The molecule has 2 aliphatic heterocycles. The normalized spacial score (nSPS) is 23.1. The zero-order valence-electron chi connectivity index (χ0n) is 20.3. The van der Waals surface area contributed by atoms with Gasteiger partial charge in [0.15, 0.2) is 5.96 Å². The number of ether oxygens (including phenoxy) is 2. The van der Waals surface area contributed by atoms with Crippen molar-refractivity contribution in [1.82, 2.24) is 20.0 Å². The average molecular weight is 446 g/mol. The summed E-state index contributed by atoms with van der Waals surface area (Å²) in [7, 11) is 3.94. The van der Waals surface area contributed by atoms with Crippen LogP contribution < -0.4 is 5.32 Å². The van der Waals surface area contributed by atoms with Crippen LogP contribution in [-0.4, -0.2) is 107 Å². The first-order valence-electron chi connectivity index (χ1n) is 12.3. The molecule has 0 aliphatic carbocycles. The van der Waals surface area contributed by atoms with Gasteiger partial charge in [0.25, 0.3) is 0 Å². The van der Waals surface area contributed by atoms with Crippen LogP contribution in [0.1, 0.15) is 31.4 Å². The highest BCUT2D eigenvalue weighted by Gasteiger charge is 2.27. The number of guanidine groups is 1. The monoisotopic (exact) mass is 445 g/mol. The molecule has 2 aliphatic rings. The van der Waals surface area contributed by atoms with E-state index in [0.717, 1.165) is 77.8 Å². The van der Waals surface area contributed by atoms with E-state index in [9.17, 15) is 0 Å². The van der Waals surface area contributed by atoms with Crippen molar-refractivity contribution in [3.8, 4) is 0 Å². The number of aliphatic imine (C=N–C) groups is 1. The maximum absolute atomic E-state index is 5.74. The summed E-state index contributed by atoms with van der Waals surface area (Å²) in [5.74, 6) is 1.64. The molecule has 7 heteroatoms. The topological polar surface area (TPSA) is 52.6 Å². The summed E-state index contributed by atoms with van der Waals surface area (Å²) < 4.78 is 10.8. The molecular weight excluding hydrogens is 402 g/mol. The van der Waals surface area contributed by atoms with Gasteiger partial charge < -0.3 is 24.6 Å². The van der Waals surface area contributed by atoms with Crippen molar-refractivity contribution < 1.29 is 9.47 Å². The maximum atomic E-state index is 5.74. The second-order valence-electron chi connectivity index (χ2n) is 8.98. The first-order valence-corrected chi connectivity index (χ1v) is 12.3. The van der Waals surface area contributed by atoms with Crippen LogP contribution in [0.3, 0.4) is 0 Å². The van der Waals surface area contributed by atoms with E-state index in [-0.39, 0.29) is 0 Å². The highest BCUT2D eigenvalue weighted by molar-refractivity contribution is 5.80. The number of methoxy groups -OCH3 is 1. The molecular formula is C25H43N5O2. The molecule has 2 unspecified atom stereocenters. The lowest BCUT2D eigenvalue weighted by Crippen LogP contribution is -2.47. The maximum Gasteiger partial charge on any atom is 0.193 e. The molecule has 0 bridgehead atoms. The van der Waals surface area contributed by atoms with Crippen LogP contribution in [0.25, 0.3) is 0 Å². The first kappa shape index (κ1) is 25.0. The summed E-state index contributed by atoms with van der Waals surface area (Å²) in [6.07, 6.45) is 2.25. The Labute approximate surface area is 194 Å². The molecule has 0 spiro atoms. The second kappa shape index (κ2) is 13.8. The van der Waals surface area contributed by atoms with Crippen LogP contribution in [0.15, 0.2) is 35.3 Å². The Hall–Kier alpha value is -1.67. The largest absolute Gasteiger partial charge is 0.382 e. The summed E-state index contributed by atoms with van der Waals surface area (Å²) in [4.78, 5) is 12.5. The number of likely N-dealkylation sites (tertiary alicyclic amines) is 1. The number of rotatable bonds is 11. The number of hydrogen-bond donors (Lipinski definition) is 1. The van der Waals surface area contributed by atoms with Crippen molar-refractivity contribution in [2.24, 2.45) is 10.9 Å². The van der Waals surface area contributed by atoms with E-state index in [1.807, 2.05) is 0 Å². The van der Waals surface area contributed by atoms with E-state index in [1.165, 1.54) is 5.56 Å². The van der Waals surface area contributed by atoms with Crippen molar-refractivity contribution in [2.45, 2.75) is 25.8 Å². The van der Waals surface area contributed by atoms with Gasteiger partial charge in [-0.05, 0) is 32.4 Å². The van der Waals surface area contributed by atoms with E-state index >= 15 is 0 Å². The number of hydrogen-bond acceptors (Lipinski definition) is 5. The quantitative estimate of drug-likeness (QED) is 0.321. The molecule has 3 rings (SSSR count). The second-order valence-corrected chi connectivity index (χ2v) is 8.98. The standard InChI is InChI=1S/C25H43N5O2/c1-4-26-25(30-14-11-22(19-30)21-32-18-17-31-3)27-12-8-13-29-16-15-28(2)20-24(29)23-9-6-5-7-10-23/h5-7,9-10,22,24H,4,8,11-21H2,1-3H3,(H,26,27). The number of nitrogens with zero attached hydrogens (tertiary/aromatic N) is 4. The molecule has 0 aromatic heterocycles. The Morgan fingerprint density at radius 2 is 1.97 bits per heavy atom. The third-order valence-electron chi connectivity index (χ3n) is 6.45. The third-order valence-corrected chi connectivity index (χ3v) is 6.45. The van der Waals surface area contributed by atoms with Gasteiger partial charge in [0.2, 0.25) is 0 Å². The van der Waals surface area contributed by atoms with E-state index in [0.29, 0.717) is 25.2 Å². The van der Waals surface area contributed by atoms with Gasteiger partial charge in [0, 0.05) is 71.4 Å². The summed E-state index contributed by atoms with van der Waals surface area (Å²) >= 11 is 0. The van der Waals surface area contributed by atoms with Gasteiger partial charge in [-0.3, -0.25) is 9.89 Å². The third kappa shape index (κ3) is 7.73. The minimum absolute atomic E-state index is 0.476. The molecule has 1 aromatic carbocycles. The lowest BCUT2D eigenvalue weighted by Gasteiger charge is -2.40. The SMILES string of the molecule is CCNC(=NCCCN1CCN(C)CC1c1ccccc1)N1CCC(COCCOC)C1. The lowest BCUT2D eigenvalue weighted by atomic mass is 10.0. The van der Waals surface area contributed by atoms with Gasteiger partial charge in [-0.25, -0.2) is 0 Å². The molecule has 1 aromatic rings. The van der Waals surface area contributed by atoms with Crippen molar-refractivity contribution >= 4 is 5.96 Å². The van der Waals surface area contributed by atoms with Crippen LogP contribution >= 0.6 is 0 Å². The number of benzene rings is 1. The number of piperazine rings is 1. The molecule has 32 heavy (non-hydrogen) atoms. The summed E-state index contributed by atoms with van der Waals surface area (Å²) in [6, 6.07) is 11.4. The number of nitrogens with one attached hydrogen (secondary N) is 1. The average Bonchev–Trinajstić information content (AvgIpc) is 3.29. The van der Waals surface area contributed by atoms with E-state index in [1.54, 1.807) is 7.11 Å². The molecule has 0 saturated carbocycles. The van der Waals surface area contributed by atoms with Crippen molar-refractivity contribution in [3.63, 3.8) is 0 Å². The zero-order chi connectivity index (χ0) is 22.6. The van der Waals surface area contributed by atoms with Crippen molar-refractivity contribution in [3.05, 3.63) is 35.9 Å². The Morgan fingerprint density at radius 3 is 2.75 bits per heavy atom. The summed E-state index contributed by atoms with van der Waals surface area (Å²) in [5.41, 5.74) is 1.42. The summed E-state index contributed by atoms with van der Waals surface area (Å²) in [5, 5.41) is 3.50. The first-order chi connectivity index (χ1) is 15.7. The predicted molar refractivity (Wildman–Crippen MR) is 131 cm³/mol.